The minimum absolute atomic E-state index is 0.298. The van der Waals surface area contributed by atoms with Crippen molar-refractivity contribution in [2.45, 2.75) is 13.1 Å². The Kier molecular flexibility index (Phi) is 3.71. The van der Waals surface area contributed by atoms with Gasteiger partial charge in [0.1, 0.15) is 5.82 Å². The van der Waals surface area contributed by atoms with Gasteiger partial charge in [-0.05, 0) is 24.7 Å². The molecule has 1 aromatic heterocycles. The first-order valence-corrected chi connectivity index (χ1v) is 6.19. The minimum Gasteiger partial charge on any atom is -0.398 e. The van der Waals surface area contributed by atoms with Crippen LogP contribution in [-0.2, 0) is 13.1 Å². The SMILES string of the molecule is CN(Cc1cscn1)Cc1ccc(F)cc1N. The molecular weight excluding hydrogens is 237 g/mol. The van der Waals surface area contributed by atoms with Crippen LogP contribution in [0.25, 0.3) is 0 Å². The predicted octanol–water partition coefficient (Wildman–Crippen LogP) is 2.50. The highest BCUT2D eigenvalue weighted by Crippen LogP contribution is 2.16. The van der Waals surface area contributed by atoms with E-state index in [4.69, 9.17) is 5.73 Å². The zero-order valence-electron chi connectivity index (χ0n) is 9.56. The summed E-state index contributed by atoms with van der Waals surface area (Å²) in [6, 6.07) is 4.51. The van der Waals surface area contributed by atoms with Crippen molar-refractivity contribution < 1.29 is 4.39 Å². The minimum atomic E-state index is -0.298. The van der Waals surface area contributed by atoms with Gasteiger partial charge in [-0.25, -0.2) is 9.37 Å². The normalized spacial score (nSPS) is 11.0. The van der Waals surface area contributed by atoms with E-state index in [1.165, 1.54) is 12.1 Å². The summed E-state index contributed by atoms with van der Waals surface area (Å²) in [5.74, 6) is -0.298. The summed E-state index contributed by atoms with van der Waals surface area (Å²) in [6.45, 7) is 1.45. The van der Waals surface area contributed by atoms with E-state index >= 15 is 0 Å². The average Bonchev–Trinajstić information content (AvgIpc) is 2.75. The third-order valence-electron chi connectivity index (χ3n) is 2.46. The highest BCUT2D eigenvalue weighted by Gasteiger charge is 2.06. The Morgan fingerprint density at radius 2 is 2.24 bits per heavy atom. The number of thiazole rings is 1. The van der Waals surface area contributed by atoms with Crippen molar-refractivity contribution >= 4 is 17.0 Å². The molecule has 0 fully saturated rings. The van der Waals surface area contributed by atoms with E-state index in [1.807, 2.05) is 17.9 Å². The smallest absolute Gasteiger partial charge is 0.125 e. The molecule has 2 aromatic rings. The fourth-order valence-corrected chi connectivity index (χ4v) is 2.20. The van der Waals surface area contributed by atoms with Crippen LogP contribution in [-0.4, -0.2) is 16.9 Å². The Bertz CT molecular complexity index is 485. The topological polar surface area (TPSA) is 42.2 Å². The van der Waals surface area contributed by atoms with Crippen LogP contribution >= 0.6 is 11.3 Å². The maximum Gasteiger partial charge on any atom is 0.125 e. The van der Waals surface area contributed by atoms with E-state index in [-0.39, 0.29) is 5.82 Å². The molecule has 0 radical (unpaired) electrons. The van der Waals surface area contributed by atoms with Gasteiger partial charge in [0.05, 0.1) is 11.2 Å². The fraction of sp³-hybridized carbons (Fsp3) is 0.250. The summed E-state index contributed by atoms with van der Waals surface area (Å²) in [4.78, 5) is 6.32. The molecule has 0 spiro atoms. The summed E-state index contributed by atoms with van der Waals surface area (Å²) < 4.78 is 12.9. The molecule has 2 rings (SSSR count). The van der Waals surface area contributed by atoms with E-state index in [1.54, 1.807) is 17.4 Å². The summed E-state index contributed by atoms with van der Waals surface area (Å²) in [5.41, 5.74) is 10.0. The van der Waals surface area contributed by atoms with Crippen molar-refractivity contribution in [1.82, 2.24) is 9.88 Å². The van der Waals surface area contributed by atoms with Gasteiger partial charge >= 0.3 is 0 Å². The van der Waals surface area contributed by atoms with Gasteiger partial charge in [-0.1, -0.05) is 6.07 Å². The number of benzene rings is 1. The largest absolute Gasteiger partial charge is 0.398 e. The second kappa shape index (κ2) is 5.25. The van der Waals surface area contributed by atoms with Gasteiger partial charge in [0.15, 0.2) is 0 Å². The zero-order valence-corrected chi connectivity index (χ0v) is 10.4. The molecule has 0 aliphatic carbocycles. The van der Waals surface area contributed by atoms with Gasteiger partial charge < -0.3 is 5.73 Å². The molecule has 1 heterocycles. The van der Waals surface area contributed by atoms with Crippen molar-refractivity contribution in [3.8, 4) is 0 Å². The Labute approximate surface area is 104 Å². The van der Waals surface area contributed by atoms with Gasteiger partial charge in [0.25, 0.3) is 0 Å². The van der Waals surface area contributed by atoms with Crippen LogP contribution in [0.5, 0.6) is 0 Å². The summed E-state index contributed by atoms with van der Waals surface area (Å²) >= 11 is 1.58. The number of hydrogen-bond acceptors (Lipinski definition) is 4. The monoisotopic (exact) mass is 251 g/mol. The molecular formula is C12H14FN3S. The quantitative estimate of drug-likeness (QED) is 0.849. The number of rotatable bonds is 4. The van der Waals surface area contributed by atoms with E-state index in [2.05, 4.69) is 9.88 Å². The van der Waals surface area contributed by atoms with Crippen molar-refractivity contribution in [2.75, 3.05) is 12.8 Å². The van der Waals surface area contributed by atoms with E-state index in [9.17, 15) is 4.39 Å². The lowest BCUT2D eigenvalue weighted by atomic mass is 10.1. The lowest BCUT2D eigenvalue weighted by molar-refractivity contribution is 0.316. The average molecular weight is 251 g/mol. The third-order valence-corrected chi connectivity index (χ3v) is 3.10. The number of aromatic nitrogens is 1. The predicted molar refractivity (Wildman–Crippen MR) is 68.1 cm³/mol. The molecule has 3 nitrogen and oxygen atoms in total. The molecule has 0 atom stereocenters. The van der Waals surface area contributed by atoms with Gasteiger partial charge in [0.2, 0.25) is 0 Å². The highest BCUT2D eigenvalue weighted by molar-refractivity contribution is 7.07. The van der Waals surface area contributed by atoms with Crippen molar-refractivity contribution in [3.63, 3.8) is 0 Å². The van der Waals surface area contributed by atoms with Crippen LogP contribution in [0.15, 0.2) is 29.1 Å². The zero-order chi connectivity index (χ0) is 12.3. The lowest BCUT2D eigenvalue weighted by Gasteiger charge is -2.16. The number of anilines is 1. The van der Waals surface area contributed by atoms with Gasteiger partial charge in [-0.2, -0.15) is 0 Å². The standard InChI is InChI=1S/C12H14FN3S/c1-16(6-11-7-17-8-15-11)5-9-2-3-10(13)4-12(9)14/h2-4,7-8H,5-6,14H2,1H3. The van der Waals surface area contributed by atoms with Crippen molar-refractivity contribution in [2.24, 2.45) is 0 Å². The lowest BCUT2D eigenvalue weighted by Crippen LogP contribution is -2.18. The molecule has 5 heteroatoms. The molecule has 0 aliphatic heterocycles. The first-order valence-electron chi connectivity index (χ1n) is 5.24. The fourth-order valence-electron chi connectivity index (χ4n) is 1.65. The van der Waals surface area contributed by atoms with Gasteiger partial charge in [-0.15, -0.1) is 11.3 Å². The van der Waals surface area contributed by atoms with Crippen LogP contribution in [0.2, 0.25) is 0 Å². The van der Waals surface area contributed by atoms with Crippen LogP contribution in [0, 0.1) is 5.82 Å². The van der Waals surface area contributed by atoms with E-state index < -0.39 is 0 Å². The first-order chi connectivity index (χ1) is 8.15. The van der Waals surface area contributed by atoms with Crippen molar-refractivity contribution in [3.05, 3.63) is 46.2 Å². The Morgan fingerprint density at radius 3 is 2.88 bits per heavy atom. The first kappa shape index (κ1) is 12.0. The number of nitrogens with zero attached hydrogens (tertiary/aromatic N) is 2. The Balaban J connectivity index is 2.00. The molecule has 0 saturated carbocycles. The Hall–Kier alpha value is -1.46. The van der Waals surface area contributed by atoms with Crippen LogP contribution in [0.3, 0.4) is 0 Å². The van der Waals surface area contributed by atoms with Crippen molar-refractivity contribution in [1.29, 1.82) is 0 Å². The molecule has 2 N–H and O–H groups in total. The van der Waals surface area contributed by atoms with Crippen LogP contribution in [0.1, 0.15) is 11.3 Å². The maximum atomic E-state index is 12.9. The van der Waals surface area contributed by atoms with Crippen LogP contribution < -0.4 is 5.73 Å². The number of nitrogens with two attached hydrogens (primary N) is 1. The van der Waals surface area contributed by atoms with E-state index in [0.29, 0.717) is 12.2 Å². The molecule has 0 bridgehead atoms. The number of halogens is 1. The van der Waals surface area contributed by atoms with Gasteiger partial charge in [0, 0.05) is 24.2 Å². The van der Waals surface area contributed by atoms with Crippen LogP contribution in [0.4, 0.5) is 10.1 Å². The summed E-state index contributed by atoms with van der Waals surface area (Å²) in [7, 11) is 1.99. The highest BCUT2D eigenvalue weighted by atomic mass is 32.1. The third kappa shape index (κ3) is 3.25. The molecule has 90 valence electrons. The Morgan fingerprint density at radius 1 is 1.41 bits per heavy atom. The maximum absolute atomic E-state index is 12.9. The molecule has 1 aromatic carbocycles. The molecule has 0 unspecified atom stereocenters. The summed E-state index contributed by atoms with van der Waals surface area (Å²) in [6.07, 6.45) is 0. The number of hydrogen-bond donors (Lipinski definition) is 1. The molecule has 17 heavy (non-hydrogen) atoms. The number of nitrogen functional groups attached to an aromatic ring is 1. The molecule has 0 aliphatic rings. The second-order valence-electron chi connectivity index (χ2n) is 4.00. The second-order valence-corrected chi connectivity index (χ2v) is 4.71. The summed E-state index contributed by atoms with van der Waals surface area (Å²) in [5, 5.41) is 2.02. The molecule has 0 saturated heterocycles. The molecule has 0 amide bonds. The van der Waals surface area contributed by atoms with Gasteiger partial charge in [-0.3, -0.25) is 4.90 Å². The van der Waals surface area contributed by atoms with E-state index in [0.717, 1.165) is 17.8 Å².